The summed E-state index contributed by atoms with van der Waals surface area (Å²) in [5, 5.41) is 10.3. The van der Waals surface area contributed by atoms with Gasteiger partial charge in [0.25, 0.3) is 5.91 Å². The van der Waals surface area contributed by atoms with Crippen LogP contribution < -0.4 is 5.32 Å². The lowest BCUT2D eigenvalue weighted by Gasteiger charge is -1.97. The van der Waals surface area contributed by atoms with Crippen molar-refractivity contribution in [1.82, 2.24) is 5.32 Å². The van der Waals surface area contributed by atoms with Crippen molar-refractivity contribution in [3.63, 3.8) is 0 Å². The molecule has 5 heteroatoms. The van der Waals surface area contributed by atoms with Crippen LogP contribution in [0.3, 0.4) is 0 Å². The standard InChI is InChI=1S/C12H11NO4/c14-10(13-11(15)8-12(16)17)7-6-9-4-2-1-3-5-9/h1-7H,8H2,(H,16,17)(H,13,14,15)/b7-6+. The SMILES string of the molecule is O=C(O)CC(=O)NC(=O)/C=C/c1ccccc1. The number of imide groups is 1. The Balaban J connectivity index is 2.47. The molecule has 0 aliphatic carbocycles. The van der Waals surface area contributed by atoms with Gasteiger partial charge in [-0.1, -0.05) is 30.3 Å². The quantitative estimate of drug-likeness (QED) is 0.595. The van der Waals surface area contributed by atoms with Crippen LogP contribution in [0.1, 0.15) is 12.0 Å². The summed E-state index contributed by atoms with van der Waals surface area (Å²) in [4.78, 5) is 32.3. The molecule has 17 heavy (non-hydrogen) atoms. The zero-order valence-electron chi connectivity index (χ0n) is 8.92. The van der Waals surface area contributed by atoms with Gasteiger partial charge in [0.1, 0.15) is 6.42 Å². The van der Waals surface area contributed by atoms with Crippen molar-refractivity contribution in [3.05, 3.63) is 42.0 Å². The van der Waals surface area contributed by atoms with Gasteiger partial charge < -0.3 is 5.11 Å². The van der Waals surface area contributed by atoms with Gasteiger partial charge in [-0.25, -0.2) is 0 Å². The second-order valence-corrected chi connectivity index (χ2v) is 3.23. The van der Waals surface area contributed by atoms with Crippen LogP contribution in [0, 0.1) is 0 Å². The van der Waals surface area contributed by atoms with E-state index in [1.54, 1.807) is 12.1 Å². The highest BCUT2D eigenvalue weighted by Gasteiger charge is 2.09. The lowest BCUT2D eigenvalue weighted by atomic mass is 10.2. The van der Waals surface area contributed by atoms with Gasteiger partial charge in [0.15, 0.2) is 0 Å². The van der Waals surface area contributed by atoms with E-state index < -0.39 is 24.2 Å². The molecule has 0 atom stereocenters. The van der Waals surface area contributed by atoms with Gasteiger partial charge in [-0.3, -0.25) is 19.7 Å². The van der Waals surface area contributed by atoms with Crippen LogP contribution in [0.5, 0.6) is 0 Å². The van der Waals surface area contributed by atoms with Crippen LogP contribution in [-0.2, 0) is 14.4 Å². The molecule has 0 spiro atoms. The number of carbonyl (C=O) groups excluding carboxylic acids is 2. The molecule has 0 fully saturated rings. The Bertz CT molecular complexity index is 451. The van der Waals surface area contributed by atoms with E-state index in [4.69, 9.17) is 5.11 Å². The summed E-state index contributed by atoms with van der Waals surface area (Å²) in [5.41, 5.74) is 0.813. The molecule has 0 aliphatic rings. The number of carboxylic acids is 1. The van der Waals surface area contributed by atoms with E-state index in [0.29, 0.717) is 0 Å². The second-order valence-electron chi connectivity index (χ2n) is 3.23. The van der Waals surface area contributed by atoms with Gasteiger partial charge in [-0.05, 0) is 11.6 Å². The molecule has 0 saturated carbocycles. The summed E-state index contributed by atoms with van der Waals surface area (Å²) in [6.07, 6.45) is 1.99. The fourth-order valence-corrected chi connectivity index (χ4v) is 1.10. The lowest BCUT2D eigenvalue weighted by molar-refractivity contribution is -0.141. The maximum Gasteiger partial charge on any atom is 0.312 e. The Morgan fingerprint density at radius 2 is 1.82 bits per heavy atom. The number of hydrogen-bond donors (Lipinski definition) is 2. The Kier molecular flexibility index (Phi) is 4.62. The second kappa shape index (κ2) is 6.22. The van der Waals surface area contributed by atoms with Crippen molar-refractivity contribution >= 4 is 23.9 Å². The van der Waals surface area contributed by atoms with Gasteiger partial charge in [-0.15, -0.1) is 0 Å². The minimum atomic E-state index is -1.28. The largest absolute Gasteiger partial charge is 0.481 e. The average molecular weight is 233 g/mol. The van der Waals surface area contributed by atoms with Crippen molar-refractivity contribution in [2.45, 2.75) is 6.42 Å². The molecule has 1 aromatic carbocycles. The number of amides is 2. The molecule has 88 valence electrons. The maximum absolute atomic E-state index is 11.2. The van der Waals surface area contributed by atoms with Crippen molar-refractivity contribution in [1.29, 1.82) is 0 Å². The van der Waals surface area contributed by atoms with E-state index in [1.165, 1.54) is 12.2 Å². The number of rotatable bonds is 4. The maximum atomic E-state index is 11.2. The molecule has 0 bridgehead atoms. The molecular weight excluding hydrogens is 222 g/mol. The summed E-state index contributed by atoms with van der Waals surface area (Å²) in [7, 11) is 0. The third-order valence-electron chi connectivity index (χ3n) is 1.80. The van der Waals surface area contributed by atoms with E-state index in [-0.39, 0.29) is 0 Å². The van der Waals surface area contributed by atoms with Crippen LogP contribution in [0.25, 0.3) is 6.08 Å². The predicted octanol–water partition coefficient (Wildman–Crippen LogP) is 0.817. The summed E-state index contributed by atoms with van der Waals surface area (Å²) < 4.78 is 0. The number of aliphatic carboxylic acids is 1. The smallest absolute Gasteiger partial charge is 0.312 e. The number of benzene rings is 1. The van der Waals surface area contributed by atoms with Crippen molar-refractivity contribution in [3.8, 4) is 0 Å². The van der Waals surface area contributed by atoms with E-state index in [0.717, 1.165) is 5.56 Å². The van der Waals surface area contributed by atoms with E-state index in [1.807, 2.05) is 23.5 Å². The molecule has 1 aromatic rings. The molecule has 0 aliphatic heterocycles. The third kappa shape index (κ3) is 5.27. The first-order valence-corrected chi connectivity index (χ1v) is 4.86. The normalized spacial score (nSPS) is 10.1. The minimum Gasteiger partial charge on any atom is -0.481 e. The summed E-state index contributed by atoms with van der Waals surface area (Å²) >= 11 is 0. The lowest BCUT2D eigenvalue weighted by Crippen LogP contribution is -2.30. The highest BCUT2D eigenvalue weighted by Crippen LogP contribution is 2.00. The highest BCUT2D eigenvalue weighted by molar-refractivity contribution is 6.06. The monoisotopic (exact) mass is 233 g/mol. The Hall–Kier alpha value is -2.43. The topological polar surface area (TPSA) is 83.5 Å². The predicted molar refractivity (Wildman–Crippen MR) is 60.9 cm³/mol. The molecule has 0 saturated heterocycles. The fraction of sp³-hybridized carbons (Fsp3) is 0.0833. The zero-order valence-corrected chi connectivity index (χ0v) is 8.92. The van der Waals surface area contributed by atoms with Gasteiger partial charge in [0.2, 0.25) is 5.91 Å². The van der Waals surface area contributed by atoms with Crippen LogP contribution in [0.15, 0.2) is 36.4 Å². The van der Waals surface area contributed by atoms with Gasteiger partial charge in [0, 0.05) is 6.08 Å². The third-order valence-corrected chi connectivity index (χ3v) is 1.80. The Morgan fingerprint density at radius 1 is 1.18 bits per heavy atom. The molecule has 2 amide bonds. The summed E-state index contributed by atoms with van der Waals surface area (Å²) in [6.45, 7) is 0. The van der Waals surface area contributed by atoms with Crippen LogP contribution in [0.2, 0.25) is 0 Å². The van der Waals surface area contributed by atoms with Gasteiger partial charge >= 0.3 is 5.97 Å². The first-order chi connectivity index (χ1) is 8.08. The van der Waals surface area contributed by atoms with E-state index >= 15 is 0 Å². The van der Waals surface area contributed by atoms with Crippen molar-refractivity contribution < 1.29 is 19.5 Å². The molecule has 0 heterocycles. The van der Waals surface area contributed by atoms with E-state index in [2.05, 4.69) is 0 Å². The number of carbonyl (C=O) groups is 3. The molecule has 1 rings (SSSR count). The first-order valence-electron chi connectivity index (χ1n) is 4.86. The molecular formula is C12H11NO4. The number of carboxylic acid groups (broad SMARTS) is 1. The van der Waals surface area contributed by atoms with Crippen molar-refractivity contribution in [2.75, 3.05) is 0 Å². The summed E-state index contributed by atoms with van der Waals surface area (Å²) in [6, 6.07) is 9.06. The van der Waals surface area contributed by atoms with Crippen LogP contribution in [0.4, 0.5) is 0 Å². The number of hydrogen-bond acceptors (Lipinski definition) is 3. The molecule has 5 nitrogen and oxygen atoms in total. The minimum absolute atomic E-state index is 0.639. The Morgan fingerprint density at radius 3 is 2.41 bits per heavy atom. The zero-order chi connectivity index (χ0) is 12.7. The van der Waals surface area contributed by atoms with Crippen LogP contribution >= 0.6 is 0 Å². The molecule has 0 unspecified atom stereocenters. The van der Waals surface area contributed by atoms with Crippen LogP contribution in [-0.4, -0.2) is 22.9 Å². The number of nitrogens with one attached hydrogen (secondary N) is 1. The first kappa shape index (κ1) is 12.6. The molecule has 0 aromatic heterocycles. The summed E-state index contributed by atoms with van der Waals surface area (Å²) in [5.74, 6) is -2.75. The van der Waals surface area contributed by atoms with Gasteiger partial charge in [-0.2, -0.15) is 0 Å². The molecule has 2 N–H and O–H groups in total. The fourth-order valence-electron chi connectivity index (χ4n) is 1.10. The Labute approximate surface area is 97.8 Å². The van der Waals surface area contributed by atoms with E-state index in [9.17, 15) is 14.4 Å². The van der Waals surface area contributed by atoms with Crippen molar-refractivity contribution in [2.24, 2.45) is 0 Å². The highest BCUT2D eigenvalue weighted by atomic mass is 16.4. The van der Waals surface area contributed by atoms with Gasteiger partial charge in [0.05, 0.1) is 0 Å². The average Bonchev–Trinajstić information content (AvgIpc) is 2.26. The molecule has 0 radical (unpaired) electrons.